The summed E-state index contributed by atoms with van der Waals surface area (Å²) in [6.45, 7) is 9.98. The van der Waals surface area contributed by atoms with Crippen LogP contribution in [0.25, 0.3) is 0 Å². The second-order valence-corrected chi connectivity index (χ2v) is 7.46. The second-order valence-electron chi connectivity index (χ2n) is 5.26. The molecule has 0 saturated heterocycles. The summed E-state index contributed by atoms with van der Waals surface area (Å²) in [7, 11) is 0. The van der Waals surface area contributed by atoms with Gasteiger partial charge in [-0.05, 0) is 34.6 Å². The van der Waals surface area contributed by atoms with Crippen molar-refractivity contribution in [2.45, 2.75) is 50.5 Å². The molecule has 1 aromatic rings. The number of thioether (sulfide) groups is 1. The van der Waals surface area contributed by atoms with Gasteiger partial charge in [0.2, 0.25) is 11.0 Å². The quantitative estimate of drug-likeness (QED) is 0.814. The highest BCUT2D eigenvalue weighted by atomic mass is 32.2. The zero-order chi connectivity index (χ0) is 13.8. The van der Waals surface area contributed by atoms with E-state index in [0.717, 1.165) is 9.47 Å². The number of carbonyl (C=O) groups excluding carboxylic acids is 1. The molecule has 0 atom stereocenters. The molecule has 102 valence electrons. The van der Waals surface area contributed by atoms with E-state index >= 15 is 0 Å². The van der Waals surface area contributed by atoms with Gasteiger partial charge in [0, 0.05) is 11.6 Å². The van der Waals surface area contributed by atoms with Crippen molar-refractivity contribution in [3.8, 4) is 0 Å². The first-order valence-corrected chi connectivity index (χ1v) is 7.60. The van der Waals surface area contributed by atoms with Crippen molar-refractivity contribution in [3.63, 3.8) is 0 Å². The Balaban J connectivity index is 2.39. The van der Waals surface area contributed by atoms with Crippen LogP contribution in [-0.4, -0.2) is 33.4 Å². The summed E-state index contributed by atoms with van der Waals surface area (Å²) >= 11 is 2.88. The van der Waals surface area contributed by atoms with E-state index < -0.39 is 0 Å². The predicted octanol–water partition coefficient (Wildman–Crippen LogP) is 2.37. The Morgan fingerprint density at radius 3 is 2.61 bits per heavy atom. The molecule has 0 bridgehead atoms. The molecule has 7 heteroatoms. The molecule has 1 aromatic heterocycles. The van der Waals surface area contributed by atoms with Crippen LogP contribution in [0.5, 0.6) is 0 Å². The molecule has 2 N–H and O–H groups in total. The zero-order valence-electron chi connectivity index (χ0n) is 11.4. The highest BCUT2D eigenvalue weighted by Crippen LogP contribution is 2.25. The molecule has 0 aliphatic heterocycles. The summed E-state index contributed by atoms with van der Waals surface area (Å²) < 4.78 is 0.808. The minimum absolute atomic E-state index is 0.0149. The van der Waals surface area contributed by atoms with Gasteiger partial charge in [0.15, 0.2) is 4.34 Å². The zero-order valence-corrected chi connectivity index (χ0v) is 13.0. The topological polar surface area (TPSA) is 66.9 Å². The fourth-order valence-corrected chi connectivity index (χ4v) is 2.85. The number of anilines is 1. The third-order valence-electron chi connectivity index (χ3n) is 1.66. The van der Waals surface area contributed by atoms with Crippen LogP contribution in [-0.2, 0) is 4.79 Å². The molecule has 0 aliphatic rings. The molecule has 0 aromatic carbocycles. The molecule has 0 radical (unpaired) electrons. The van der Waals surface area contributed by atoms with E-state index in [1.165, 1.54) is 23.1 Å². The Hall–Kier alpha value is -0.820. The maximum absolute atomic E-state index is 11.6. The largest absolute Gasteiger partial charge is 0.358 e. The van der Waals surface area contributed by atoms with Gasteiger partial charge in [-0.3, -0.25) is 4.79 Å². The lowest BCUT2D eigenvalue weighted by atomic mass is 10.1. The van der Waals surface area contributed by atoms with Gasteiger partial charge >= 0.3 is 0 Å². The van der Waals surface area contributed by atoms with Crippen LogP contribution in [0.2, 0.25) is 0 Å². The summed E-state index contributed by atoms with van der Waals surface area (Å²) in [4.78, 5) is 11.6. The lowest BCUT2D eigenvalue weighted by Gasteiger charge is -2.19. The number of aromatic nitrogens is 2. The molecular formula is C11H20N4OS2. The van der Waals surface area contributed by atoms with E-state index in [4.69, 9.17) is 0 Å². The molecule has 1 heterocycles. The van der Waals surface area contributed by atoms with Crippen LogP contribution in [0, 0.1) is 0 Å². The average molecular weight is 288 g/mol. The summed E-state index contributed by atoms with van der Waals surface area (Å²) in [5.41, 5.74) is -0.191. The molecule has 0 fully saturated rings. The number of hydrogen-bond acceptors (Lipinski definition) is 6. The van der Waals surface area contributed by atoms with Crippen molar-refractivity contribution in [1.29, 1.82) is 0 Å². The standard InChI is InChI=1S/C11H20N4OS2/c1-7(2)12-9-14-15-10(18-9)17-6-8(16)13-11(3,4)5/h7H,6H2,1-5H3,(H,12,14)(H,13,16). The average Bonchev–Trinajstić information content (AvgIpc) is 2.59. The van der Waals surface area contributed by atoms with Crippen LogP contribution in [0.3, 0.4) is 0 Å². The number of hydrogen-bond donors (Lipinski definition) is 2. The van der Waals surface area contributed by atoms with Gasteiger partial charge in [0.05, 0.1) is 5.75 Å². The summed E-state index contributed by atoms with van der Waals surface area (Å²) in [6, 6.07) is 0.333. The first-order chi connectivity index (χ1) is 8.26. The van der Waals surface area contributed by atoms with Gasteiger partial charge in [-0.15, -0.1) is 10.2 Å². The van der Waals surface area contributed by atoms with Gasteiger partial charge in [0.25, 0.3) is 0 Å². The predicted molar refractivity (Wildman–Crippen MR) is 77.3 cm³/mol. The van der Waals surface area contributed by atoms with Crippen molar-refractivity contribution in [2.75, 3.05) is 11.1 Å². The molecule has 1 rings (SSSR count). The highest BCUT2D eigenvalue weighted by molar-refractivity contribution is 8.01. The fraction of sp³-hybridized carbons (Fsp3) is 0.727. The highest BCUT2D eigenvalue weighted by Gasteiger charge is 2.14. The third-order valence-corrected chi connectivity index (χ3v) is 3.65. The monoisotopic (exact) mass is 288 g/mol. The Labute approximate surface area is 116 Å². The molecule has 18 heavy (non-hydrogen) atoms. The smallest absolute Gasteiger partial charge is 0.230 e. The molecular weight excluding hydrogens is 268 g/mol. The Morgan fingerprint density at radius 1 is 1.39 bits per heavy atom. The fourth-order valence-electron chi connectivity index (χ4n) is 1.16. The van der Waals surface area contributed by atoms with Crippen LogP contribution < -0.4 is 10.6 Å². The number of rotatable bonds is 5. The van der Waals surface area contributed by atoms with E-state index in [9.17, 15) is 4.79 Å². The number of nitrogens with zero attached hydrogens (tertiary/aromatic N) is 2. The van der Waals surface area contributed by atoms with Crippen molar-refractivity contribution in [2.24, 2.45) is 0 Å². The molecule has 0 aliphatic carbocycles. The van der Waals surface area contributed by atoms with E-state index in [2.05, 4.69) is 20.8 Å². The van der Waals surface area contributed by atoms with E-state index in [1.807, 2.05) is 34.6 Å². The maximum atomic E-state index is 11.6. The molecule has 0 spiro atoms. The summed E-state index contributed by atoms with van der Waals surface area (Å²) in [6.07, 6.45) is 0. The van der Waals surface area contributed by atoms with E-state index in [-0.39, 0.29) is 11.4 Å². The van der Waals surface area contributed by atoms with Gasteiger partial charge in [0.1, 0.15) is 0 Å². The number of nitrogens with one attached hydrogen (secondary N) is 2. The minimum atomic E-state index is -0.191. The number of amides is 1. The first kappa shape index (κ1) is 15.2. The Bertz CT molecular complexity index is 398. The molecule has 0 unspecified atom stereocenters. The molecule has 0 saturated carbocycles. The minimum Gasteiger partial charge on any atom is -0.358 e. The molecule has 1 amide bonds. The maximum Gasteiger partial charge on any atom is 0.230 e. The summed E-state index contributed by atoms with van der Waals surface area (Å²) in [5.74, 6) is 0.384. The summed E-state index contributed by atoms with van der Waals surface area (Å²) in [5, 5.41) is 14.9. The van der Waals surface area contributed by atoms with E-state index in [0.29, 0.717) is 11.8 Å². The van der Waals surface area contributed by atoms with Gasteiger partial charge in [-0.25, -0.2) is 0 Å². The normalized spacial score (nSPS) is 11.7. The third kappa shape index (κ3) is 6.20. The SMILES string of the molecule is CC(C)Nc1nnc(SCC(=O)NC(C)(C)C)s1. The lowest BCUT2D eigenvalue weighted by molar-refractivity contribution is -0.119. The van der Waals surface area contributed by atoms with Crippen molar-refractivity contribution >= 4 is 34.1 Å². The number of carbonyl (C=O) groups is 1. The Kier molecular flexibility index (Phi) is 5.40. The molecule has 5 nitrogen and oxygen atoms in total. The van der Waals surface area contributed by atoms with Gasteiger partial charge in [-0.2, -0.15) is 0 Å². The second kappa shape index (κ2) is 6.38. The van der Waals surface area contributed by atoms with Gasteiger partial charge in [-0.1, -0.05) is 23.1 Å². The van der Waals surface area contributed by atoms with Crippen molar-refractivity contribution in [3.05, 3.63) is 0 Å². The lowest BCUT2D eigenvalue weighted by Crippen LogP contribution is -2.41. The van der Waals surface area contributed by atoms with Gasteiger partial charge < -0.3 is 10.6 Å². The van der Waals surface area contributed by atoms with Crippen LogP contribution in [0.1, 0.15) is 34.6 Å². The van der Waals surface area contributed by atoms with Crippen LogP contribution in [0.4, 0.5) is 5.13 Å². The Morgan fingerprint density at radius 2 is 2.06 bits per heavy atom. The van der Waals surface area contributed by atoms with Crippen LogP contribution in [0.15, 0.2) is 4.34 Å². The van der Waals surface area contributed by atoms with Crippen LogP contribution >= 0.6 is 23.1 Å². The first-order valence-electron chi connectivity index (χ1n) is 5.80. The van der Waals surface area contributed by atoms with E-state index in [1.54, 1.807) is 0 Å². The van der Waals surface area contributed by atoms with Crippen molar-refractivity contribution < 1.29 is 4.79 Å². The van der Waals surface area contributed by atoms with Crippen molar-refractivity contribution in [1.82, 2.24) is 15.5 Å².